The van der Waals surface area contributed by atoms with Gasteiger partial charge < -0.3 is 19.5 Å². The van der Waals surface area contributed by atoms with Gasteiger partial charge in [-0.25, -0.2) is 13.2 Å². The van der Waals surface area contributed by atoms with Crippen molar-refractivity contribution in [2.75, 3.05) is 17.5 Å². The fourth-order valence-corrected chi connectivity index (χ4v) is 4.46. The number of carbonyl (C=O) groups is 1. The summed E-state index contributed by atoms with van der Waals surface area (Å²) in [6, 6.07) is 14.6. The van der Waals surface area contributed by atoms with E-state index in [0.717, 1.165) is 11.8 Å². The summed E-state index contributed by atoms with van der Waals surface area (Å²) >= 11 is 0. The van der Waals surface area contributed by atoms with Crippen LogP contribution >= 0.6 is 0 Å². The van der Waals surface area contributed by atoms with Gasteiger partial charge in [0.2, 0.25) is 10.0 Å². The van der Waals surface area contributed by atoms with Crippen LogP contribution in [0.5, 0.6) is 5.75 Å². The van der Waals surface area contributed by atoms with Gasteiger partial charge in [-0.3, -0.25) is 4.72 Å². The van der Waals surface area contributed by atoms with Crippen LogP contribution in [-0.4, -0.2) is 54.6 Å². The molecular weight excluding hydrogens is 456 g/mol. The summed E-state index contributed by atoms with van der Waals surface area (Å²) in [5.41, 5.74) is 0.309. The molecule has 0 fully saturated rings. The average molecular weight is 491 g/mol. The van der Waals surface area contributed by atoms with Crippen molar-refractivity contribution in [3.8, 4) is 5.75 Å². The Morgan fingerprint density at radius 1 is 1.18 bits per heavy atom. The average Bonchev–Trinajstić information content (AvgIpc) is 2.70. The number of amides is 1. The molecular formula is C25H34N2O6S. The predicted octanol–water partition coefficient (Wildman–Crippen LogP) is 4.11. The Bertz CT molecular complexity index is 1130. The second-order valence-electron chi connectivity index (χ2n) is 10.1. The number of benzene rings is 2. The molecule has 0 aliphatic carbocycles. The SMILES string of the molecule is CC1(C)Oc2cc(NS(C)(=O)=O)ccc2[C@H](OC(=O)N(CCc2ccccc2)C(C)(C)C)[C@H]1O. The highest BCUT2D eigenvalue weighted by Crippen LogP contribution is 2.43. The van der Waals surface area contributed by atoms with Gasteiger partial charge in [-0.05, 0) is 58.7 Å². The number of fused-ring (bicyclic) bond motifs is 1. The highest BCUT2D eigenvalue weighted by Gasteiger charge is 2.46. The first kappa shape index (κ1) is 25.8. The summed E-state index contributed by atoms with van der Waals surface area (Å²) in [5.74, 6) is 0.341. The van der Waals surface area contributed by atoms with Crippen LogP contribution in [0.2, 0.25) is 0 Å². The second-order valence-corrected chi connectivity index (χ2v) is 11.9. The molecule has 2 N–H and O–H groups in total. The van der Waals surface area contributed by atoms with Crippen LogP contribution in [0.4, 0.5) is 10.5 Å². The molecule has 1 amide bonds. The van der Waals surface area contributed by atoms with Crippen LogP contribution < -0.4 is 9.46 Å². The van der Waals surface area contributed by atoms with Crippen LogP contribution in [0.15, 0.2) is 48.5 Å². The van der Waals surface area contributed by atoms with E-state index >= 15 is 0 Å². The number of anilines is 1. The van der Waals surface area contributed by atoms with Crippen LogP contribution in [0.1, 0.15) is 51.8 Å². The molecule has 3 rings (SSSR count). The van der Waals surface area contributed by atoms with Crippen molar-refractivity contribution in [1.29, 1.82) is 0 Å². The fourth-order valence-electron chi connectivity index (χ4n) is 3.90. The number of hydrogen-bond donors (Lipinski definition) is 2. The van der Waals surface area contributed by atoms with Gasteiger partial charge >= 0.3 is 6.09 Å². The summed E-state index contributed by atoms with van der Waals surface area (Å²) in [6.45, 7) is 9.62. The Kier molecular flexibility index (Phi) is 7.19. The van der Waals surface area contributed by atoms with Gasteiger partial charge in [0.25, 0.3) is 0 Å². The molecule has 0 spiro atoms. The summed E-state index contributed by atoms with van der Waals surface area (Å²) in [7, 11) is -3.48. The highest BCUT2D eigenvalue weighted by atomic mass is 32.2. The third-order valence-corrected chi connectivity index (χ3v) is 6.33. The summed E-state index contributed by atoms with van der Waals surface area (Å²) in [5, 5.41) is 11.0. The minimum Gasteiger partial charge on any atom is -0.484 e. The Hall–Kier alpha value is -2.78. The zero-order valence-corrected chi connectivity index (χ0v) is 21.3. The first-order valence-corrected chi connectivity index (χ1v) is 13.1. The summed E-state index contributed by atoms with van der Waals surface area (Å²) in [6.07, 6.45) is -0.947. The number of sulfonamides is 1. The van der Waals surface area contributed by atoms with Gasteiger partial charge in [-0.15, -0.1) is 0 Å². The predicted molar refractivity (Wildman–Crippen MR) is 131 cm³/mol. The minimum absolute atomic E-state index is 0.317. The number of nitrogens with zero attached hydrogens (tertiary/aromatic N) is 1. The molecule has 2 aromatic rings. The molecule has 0 aromatic heterocycles. The van der Waals surface area contributed by atoms with E-state index in [1.54, 1.807) is 30.9 Å². The van der Waals surface area contributed by atoms with Gasteiger partial charge in [0.05, 0.1) is 11.9 Å². The lowest BCUT2D eigenvalue weighted by atomic mass is 9.88. The standard InChI is InChI=1S/C25H34N2O6S/c1-24(2,3)27(15-14-17-10-8-7-9-11-17)23(29)32-21-19-13-12-18(26-34(6,30)31)16-20(19)33-25(4,5)22(21)28/h7-13,16,21-22,26,28H,14-15H2,1-6H3/t21-,22+/m0/s1. The molecule has 2 atom stereocenters. The molecule has 1 aliphatic heterocycles. The van der Waals surface area contributed by atoms with E-state index in [1.807, 2.05) is 51.1 Å². The number of aliphatic hydroxyl groups is 1. The maximum Gasteiger partial charge on any atom is 0.410 e. The molecule has 8 nitrogen and oxygen atoms in total. The number of carbonyl (C=O) groups excluding carboxylic acids is 1. The lowest BCUT2D eigenvalue weighted by molar-refractivity contribution is -0.119. The number of aliphatic hydroxyl groups excluding tert-OH is 1. The molecule has 186 valence electrons. The Labute approximate surface area is 201 Å². The van der Waals surface area contributed by atoms with E-state index < -0.39 is 39.5 Å². The summed E-state index contributed by atoms with van der Waals surface area (Å²) in [4.78, 5) is 15.0. The first-order valence-electron chi connectivity index (χ1n) is 11.2. The molecule has 1 aliphatic rings. The molecule has 0 radical (unpaired) electrons. The van der Waals surface area contributed by atoms with Gasteiger partial charge in [-0.2, -0.15) is 0 Å². The monoisotopic (exact) mass is 490 g/mol. The van der Waals surface area contributed by atoms with Gasteiger partial charge in [0.15, 0.2) is 6.10 Å². The molecule has 0 saturated heterocycles. The molecule has 2 aromatic carbocycles. The fraction of sp³-hybridized carbons (Fsp3) is 0.480. The van der Waals surface area contributed by atoms with Crippen molar-refractivity contribution in [3.05, 3.63) is 59.7 Å². The third kappa shape index (κ3) is 6.21. The largest absolute Gasteiger partial charge is 0.484 e. The normalized spacial score (nSPS) is 19.5. The lowest BCUT2D eigenvalue weighted by Crippen LogP contribution is -2.52. The quantitative estimate of drug-likeness (QED) is 0.631. The van der Waals surface area contributed by atoms with Crippen molar-refractivity contribution in [3.63, 3.8) is 0 Å². The zero-order chi connectivity index (χ0) is 25.3. The van der Waals surface area contributed by atoms with Crippen molar-refractivity contribution < 1.29 is 27.8 Å². The minimum atomic E-state index is -3.48. The Balaban J connectivity index is 1.87. The topological polar surface area (TPSA) is 105 Å². The molecule has 34 heavy (non-hydrogen) atoms. The first-order chi connectivity index (χ1) is 15.7. The van der Waals surface area contributed by atoms with E-state index in [0.29, 0.717) is 30.0 Å². The van der Waals surface area contributed by atoms with E-state index in [4.69, 9.17) is 9.47 Å². The number of ether oxygens (including phenoxy) is 2. The number of nitrogens with one attached hydrogen (secondary N) is 1. The smallest absolute Gasteiger partial charge is 0.410 e. The van der Waals surface area contributed by atoms with Crippen LogP contribution in [-0.2, 0) is 21.2 Å². The maximum absolute atomic E-state index is 13.4. The Morgan fingerprint density at radius 2 is 1.82 bits per heavy atom. The van der Waals surface area contributed by atoms with E-state index in [-0.39, 0.29) is 0 Å². The maximum atomic E-state index is 13.4. The second kappa shape index (κ2) is 9.46. The number of rotatable bonds is 6. The lowest BCUT2D eigenvalue weighted by Gasteiger charge is -2.43. The van der Waals surface area contributed by atoms with Crippen molar-refractivity contribution >= 4 is 21.8 Å². The van der Waals surface area contributed by atoms with Gasteiger partial charge in [-0.1, -0.05) is 30.3 Å². The van der Waals surface area contributed by atoms with E-state index in [1.165, 1.54) is 6.07 Å². The Morgan fingerprint density at radius 3 is 2.41 bits per heavy atom. The third-order valence-electron chi connectivity index (χ3n) is 5.72. The molecule has 0 saturated carbocycles. The molecule has 9 heteroatoms. The van der Waals surface area contributed by atoms with Gasteiger partial charge in [0, 0.05) is 23.7 Å². The zero-order valence-electron chi connectivity index (χ0n) is 20.5. The van der Waals surface area contributed by atoms with E-state index in [9.17, 15) is 18.3 Å². The van der Waals surface area contributed by atoms with Crippen LogP contribution in [0.3, 0.4) is 0 Å². The highest BCUT2D eigenvalue weighted by molar-refractivity contribution is 7.92. The van der Waals surface area contributed by atoms with Crippen molar-refractivity contribution in [2.24, 2.45) is 0 Å². The molecule has 0 unspecified atom stereocenters. The van der Waals surface area contributed by atoms with Gasteiger partial charge in [0.1, 0.15) is 17.5 Å². The van der Waals surface area contributed by atoms with Crippen LogP contribution in [0, 0.1) is 0 Å². The van der Waals surface area contributed by atoms with Crippen molar-refractivity contribution in [1.82, 2.24) is 4.90 Å². The van der Waals surface area contributed by atoms with Crippen LogP contribution in [0.25, 0.3) is 0 Å². The molecule has 0 bridgehead atoms. The van der Waals surface area contributed by atoms with Crippen molar-refractivity contribution in [2.45, 2.75) is 64.4 Å². The van der Waals surface area contributed by atoms with E-state index in [2.05, 4.69) is 4.72 Å². The molecule has 1 heterocycles. The summed E-state index contributed by atoms with van der Waals surface area (Å²) < 4.78 is 37.5. The number of hydrogen-bond acceptors (Lipinski definition) is 6.